The van der Waals surface area contributed by atoms with E-state index in [0.29, 0.717) is 17.0 Å². The average molecular weight is 270 g/mol. The molecule has 0 heterocycles. The first-order valence-corrected chi connectivity index (χ1v) is 7.15. The maximum Gasteiger partial charge on any atom is 0.127 e. The van der Waals surface area contributed by atoms with Crippen LogP contribution in [-0.2, 0) is 6.42 Å². The van der Waals surface area contributed by atoms with E-state index >= 15 is 0 Å². The fraction of sp³-hybridized carbons (Fsp3) is 0.600. The number of halogens is 2. The summed E-state index contributed by atoms with van der Waals surface area (Å²) in [7, 11) is 0. The minimum atomic E-state index is -0.234. The summed E-state index contributed by atoms with van der Waals surface area (Å²) in [5.41, 5.74) is 7.26. The Labute approximate surface area is 114 Å². The molecular formula is C15H21ClFN. The summed E-state index contributed by atoms with van der Waals surface area (Å²) in [4.78, 5) is 0. The van der Waals surface area contributed by atoms with Crippen molar-refractivity contribution in [2.45, 2.75) is 51.5 Å². The van der Waals surface area contributed by atoms with Gasteiger partial charge in [-0.1, -0.05) is 37.4 Å². The van der Waals surface area contributed by atoms with E-state index in [0.717, 1.165) is 6.42 Å². The summed E-state index contributed by atoms with van der Waals surface area (Å²) in [5, 5.41) is 0.441. The van der Waals surface area contributed by atoms with Crippen molar-refractivity contribution in [3.63, 3.8) is 0 Å². The molecule has 0 radical (unpaired) electrons. The van der Waals surface area contributed by atoms with Crippen LogP contribution in [0.4, 0.5) is 4.39 Å². The highest BCUT2D eigenvalue weighted by Gasteiger charge is 2.37. The van der Waals surface area contributed by atoms with E-state index in [-0.39, 0.29) is 17.3 Å². The van der Waals surface area contributed by atoms with Crippen LogP contribution >= 0.6 is 11.6 Å². The van der Waals surface area contributed by atoms with Crippen molar-refractivity contribution in [3.05, 3.63) is 34.6 Å². The molecule has 1 nitrogen and oxygen atoms in total. The molecule has 2 N–H and O–H groups in total. The first-order valence-electron chi connectivity index (χ1n) is 6.77. The van der Waals surface area contributed by atoms with Crippen LogP contribution in [0.5, 0.6) is 0 Å². The van der Waals surface area contributed by atoms with Gasteiger partial charge in [0.1, 0.15) is 5.82 Å². The molecule has 1 fully saturated rings. The second kappa shape index (κ2) is 5.58. The number of rotatable bonds is 4. The van der Waals surface area contributed by atoms with Gasteiger partial charge in [-0.25, -0.2) is 4.39 Å². The molecule has 1 atom stereocenters. The third-order valence-electron chi connectivity index (χ3n) is 4.54. The zero-order valence-corrected chi connectivity index (χ0v) is 11.6. The minimum Gasteiger partial charge on any atom is -0.327 e. The predicted octanol–water partition coefficient (Wildman–Crippen LogP) is 4.32. The normalized spacial score (nSPS) is 20.0. The Morgan fingerprint density at radius 1 is 1.39 bits per heavy atom. The second-order valence-corrected chi connectivity index (χ2v) is 5.91. The van der Waals surface area contributed by atoms with Crippen molar-refractivity contribution in [1.82, 2.24) is 0 Å². The van der Waals surface area contributed by atoms with E-state index in [1.165, 1.54) is 31.7 Å². The molecule has 1 aliphatic rings. The molecule has 100 valence electrons. The van der Waals surface area contributed by atoms with Crippen molar-refractivity contribution in [2.24, 2.45) is 11.1 Å². The largest absolute Gasteiger partial charge is 0.327 e. The summed E-state index contributed by atoms with van der Waals surface area (Å²) in [6, 6.07) is 4.91. The summed E-state index contributed by atoms with van der Waals surface area (Å²) < 4.78 is 13.8. The van der Waals surface area contributed by atoms with Gasteiger partial charge in [0, 0.05) is 11.1 Å². The molecule has 0 aromatic heterocycles. The molecule has 1 aromatic rings. The lowest BCUT2D eigenvalue weighted by molar-refractivity contribution is 0.218. The van der Waals surface area contributed by atoms with Crippen LogP contribution < -0.4 is 5.73 Å². The maximum atomic E-state index is 13.8. The lowest BCUT2D eigenvalue weighted by atomic mass is 9.74. The first-order chi connectivity index (χ1) is 8.57. The van der Waals surface area contributed by atoms with E-state index in [1.807, 2.05) is 0 Å². The highest BCUT2D eigenvalue weighted by Crippen LogP contribution is 2.44. The fourth-order valence-electron chi connectivity index (χ4n) is 3.21. The fourth-order valence-corrected chi connectivity index (χ4v) is 3.37. The van der Waals surface area contributed by atoms with E-state index < -0.39 is 0 Å². The van der Waals surface area contributed by atoms with Crippen LogP contribution in [0.15, 0.2) is 18.2 Å². The van der Waals surface area contributed by atoms with Gasteiger partial charge in [0.25, 0.3) is 0 Å². The van der Waals surface area contributed by atoms with Crippen LogP contribution in [0.2, 0.25) is 5.02 Å². The van der Waals surface area contributed by atoms with Crippen molar-refractivity contribution in [1.29, 1.82) is 0 Å². The monoisotopic (exact) mass is 269 g/mol. The van der Waals surface area contributed by atoms with E-state index in [4.69, 9.17) is 17.3 Å². The highest BCUT2D eigenvalue weighted by molar-refractivity contribution is 6.30. The molecule has 1 saturated carbocycles. The van der Waals surface area contributed by atoms with Crippen LogP contribution in [0.3, 0.4) is 0 Å². The number of nitrogens with two attached hydrogens (primary N) is 1. The molecule has 0 amide bonds. The summed E-state index contributed by atoms with van der Waals surface area (Å²) in [6.45, 7) is 2.20. The molecule has 0 saturated heterocycles. The standard InChI is InChI=1S/C15H21ClFN/c1-2-15(7-3-4-8-15)14(18)9-11-5-6-12(16)10-13(11)17/h5-6,10,14H,2-4,7-9,18H2,1H3. The van der Waals surface area contributed by atoms with Crippen molar-refractivity contribution in [3.8, 4) is 0 Å². The minimum absolute atomic E-state index is 0.0423. The number of hydrogen-bond donors (Lipinski definition) is 1. The van der Waals surface area contributed by atoms with Gasteiger partial charge in [0.2, 0.25) is 0 Å². The van der Waals surface area contributed by atoms with E-state index in [2.05, 4.69) is 6.92 Å². The third kappa shape index (κ3) is 2.70. The molecule has 2 rings (SSSR count). The SMILES string of the molecule is CCC1(C(N)Cc2ccc(Cl)cc2F)CCCC1. The summed E-state index contributed by atoms with van der Waals surface area (Å²) >= 11 is 5.76. The van der Waals surface area contributed by atoms with Crippen molar-refractivity contribution >= 4 is 11.6 Å². The Kier molecular flexibility index (Phi) is 4.29. The van der Waals surface area contributed by atoms with Gasteiger partial charge in [-0.2, -0.15) is 0 Å². The Hall–Kier alpha value is -0.600. The lowest BCUT2D eigenvalue weighted by Crippen LogP contribution is -2.41. The van der Waals surface area contributed by atoms with Crippen LogP contribution in [0.25, 0.3) is 0 Å². The third-order valence-corrected chi connectivity index (χ3v) is 4.78. The zero-order chi connectivity index (χ0) is 13.2. The quantitative estimate of drug-likeness (QED) is 0.866. The van der Waals surface area contributed by atoms with Gasteiger partial charge < -0.3 is 5.73 Å². The van der Waals surface area contributed by atoms with Crippen molar-refractivity contribution in [2.75, 3.05) is 0 Å². The van der Waals surface area contributed by atoms with E-state index in [9.17, 15) is 4.39 Å². The van der Waals surface area contributed by atoms with Crippen LogP contribution in [0.1, 0.15) is 44.6 Å². The maximum absolute atomic E-state index is 13.8. The van der Waals surface area contributed by atoms with Gasteiger partial charge in [-0.05, 0) is 48.8 Å². The second-order valence-electron chi connectivity index (χ2n) is 5.47. The molecule has 0 spiro atoms. The molecule has 1 unspecified atom stereocenters. The predicted molar refractivity (Wildman–Crippen MR) is 74.3 cm³/mol. The molecule has 1 aliphatic carbocycles. The Balaban J connectivity index is 2.12. The Bertz CT molecular complexity index is 413. The van der Waals surface area contributed by atoms with Gasteiger partial charge in [-0.3, -0.25) is 0 Å². The van der Waals surface area contributed by atoms with Gasteiger partial charge in [0.05, 0.1) is 0 Å². The summed E-state index contributed by atoms with van der Waals surface area (Å²) in [6.07, 6.45) is 6.56. The molecule has 0 bridgehead atoms. The molecule has 3 heteroatoms. The Morgan fingerprint density at radius 2 is 2.06 bits per heavy atom. The number of hydrogen-bond acceptors (Lipinski definition) is 1. The molecule has 18 heavy (non-hydrogen) atoms. The topological polar surface area (TPSA) is 26.0 Å². The number of benzene rings is 1. The van der Waals surface area contributed by atoms with Crippen LogP contribution in [0, 0.1) is 11.2 Å². The van der Waals surface area contributed by atoms with E-state index in [1.54, 1.807) is 12.1 Å². The summed E-state index contributed by atoms with van der Waals surface area (Å²) in [5.74, 6) is -0.234. The van der Waals surface area contributed by atoms with Gasteiger partial charge in [-0.15, -0.1) is 0 Å². The average Bonchev–Trinajstić information content (AvgIpc) is 2.82. The first kappa shape index (κ1) is 13.8. The highest BCUT2D eigenvalue weighted by atomic mass is 35.5. The Morgan fingerprint density at radius 3 is 2.61 bits per heavy atom. The molecule has 1 aromatic carbocycles. The van der Waals surface area contributed by atoms with Crippen molar-refractivity contribution < 1.29 is 4.39 Å². The lowest BCUT2D eigenvalue weighted by Gasteiger charge is -2.34. The zero-order valence-electron chi connectivity index (χ0n) is 10.9. The van der Waals surface area contributed by atoms with Gasteiger partial charge >= 0.3 is 0 Å². The smallest absolute Gasteiger partial charge is 0.127 e. The van der Waals surface area contributed by atoms with Crippen LogP contribution in [-0.4, -0.2) is 6.04 Å². The van der Waals surface area contributed by atoms with Gasteiger partial charge in [0.15, 0.2) is 0 Å². The molecular weight excluding hydrogens is 249 g/mol. The molecule has 0 aliphatic heterocycles.